The van der Waals surface area contributed by atoms with Gasteiger partial charge < -0.3 is 83.0 Å². The molecule has 22 nitrogen and oxygen atoms in total. The van der Waals surface area contributed by atoms with Crippen LogP contribution in [-0.2, 0) is 76.5 Å². The highest BCUT2D eigenvalue weighted by Gasteiger charge is 2.52. The molecule has 60 heavy (non-hydrogen) atoms. The molecule has 2 heterocycles. The van der Waals surface area contributed by atoms with Gasteiger partial charge in [0, 0.05) is 18.4 Å². The van der Waals surface area contributed by atoms with Crippen molar-refractivity contribution >= 4 is 66.2 Å². The summed E-state index contributed by atoms with van der Waals surface area (Å²) >= 11 is 4.44. The third-order valence-corrected chi connectivity index (χ3v) is 11.4. The molecular formula is C34H63I2NO21S2. The molecule has 0 aromatic heterocycles. The van der Waals surface area contributed by atoms with Crippen molar-refractivity contribution in [3.05, 3.63) is 0 Å². The number of carbonyl (C=O) groups is 1. The molecule has 2 saturated heterocycles. The smallest absolute Gasteiger partial charge is 0.217 e. The molecule has 6 N–H and O–H groups in total. The van der Waals surface area contributed by atoms with E-state index in [1.165, 1.54) is 6.92 Å². The lowest BCUT2D eigenvalue weighted by Gasteiger charge is -2.46. The summed E-state index contributed by atoms with van der Waals surface area (Å²) in [7, 11) is 3.38. The van der Waals surface area contributed by atoms with E-state index in [1.807, 2.05) is 0 Å². The SMILES string of the molecule is CC(=O)NC1C(O)OC(CO)C(OC2OC(COOCCOCCOCCOCCOCCSI)C(O)C(OOCCOCCOCCOCCOCCSI)C2O)C1O. The second kappa shape index (κ2) is 38.0. The van der Waals surface area contributed by atoms with E-state index in [0.717, 1.165) is 11.5 Å². The number of ether oxygens (including phenoxy) is 11. The Bertz CT molecular complexity index is 1030. The zero-order valence-electron chi connectivity index (χ0n) is 33.7. The van der Waals surface area contributed by atoms with E-state index in [2.05, 4.69) is 47.7 Å². The first-order chi connectivity index (χ1) is 29.2. The number of halogens is 2. The third-order valence-electron chi connectivity index (χ3n) is 8.13. The van der Waals surface area contributed by atoms with Gasteiger partial charge in [0.1, 0.15) is 62.5 Å². The van der Waals surface area contributed by atoms with Gasteiger partial charge in [-0.25, -0.2) is 19.6 Å². The summed E-state index contributed by atoms with van der Waals surface area (Å²) in [5.74, 6) is 1.28. The van der Waals surface area contributed by atoms with Crippen molar-refractivity contribution in [2.24, 2.45) is 0 Å². The third kappa shape index (κ3) is 25.5. The van der Waals surface area contributed by atoms with E-state index in [0.29, 0.717) is 85.9 Å². The zero-order chi connectivity index (χ0) is 43.6. The average molecular weight is 1140 g/mol. The first-order valence-electron chi connectivity index (χ1n) is 19.4. The number of aliphatic hydroxyl groups is 5. The van der Waals surface area contributed by atoms with Crippen molar-refractivity contribution in [3.8, 4) is 0 Å². The molecule has 2 aliphatic rings. The molecule has 2 rings (SSSR count). The lowest BCUT2D eigenvalue weighted by molar-refractivity contribution is -0.415. The lowest BCUT2D eigenvalue weighted by Crippen LogP contribution is -2.67. The Morgan fingerprint density at radius 1 is 0.567 bits per heavy atom. The first-order valence-corrected chi connectivity index (χ1v) is 26.5. The molecule has 10 unspecified atom stereocenters. The molecule has 0 aromatic rings. The fourth-order valence-corrected chi connectivity index (χ4v) is 6.69. The molecule has 0 aromatic carbocycles. The zero-order valence-corrected chi connectivity index (χ0v) is 39.6. The Hall–Kier alpha value is 0.830. The number of carbonyl (C=O) groups excluding carboxylic acids is 1. The van der Waals surface area contributed by atoms with Crippen LogP contribution in [-0.4, -0.2) is 236 Å². The molecule has 356 valence electrons. The second-order valence-electron chi connectivity index (χ2n) is 12.6. The van der Waals surface area contributed by atoms with Crippen molar-refractivity contribution in [1.29, 1.82) is 0 Å². The quantitative estimate of drug-likeness (QED) is 0.0186. The molecule has 10 atom stereocenters. The van der Waals surface area contributed by atoms with Crippen LogP contribution in [0.25, 0.3) is 0 Å². The first kappa shape index (κ1) is 57.0. The fourth-order valence-electron chi connectivity index (χ4n) is 5.25. The normalized spacial score (nSPS) is 27.1. The molecule has 0 spiro atoms. The van der Waals surface area contributed by atoms with Crippen LogP contribution in [0.5, 0.6) is 0 Å². The standard InChI is InChI=1S/C34H63I2NO21S2/c1-24(39)37-27-29(41)31(25(22-38)55-33(27)43)57-34-30(42)32(58-53-17-15-49-9-7-45-3-5-47-11-13-51-19-21-60-36)28(40)26(56-34)23-54-52-16-14-48-8-6-44-2-4-46-10-12-50-18-20-59-35/h25-34,38,40-43H,2-23H2,1H3,(H,37,39). The number of aliphatic hydroxyl groups excluding tert-OH is 5. The highest BCUT2D eigenvalue weighted by atomic mass is 127. The van der Waals surface area contributed by atoms with Crippen LogP contribution < -0.4 is 5.32 Å². The van der Waals surface area contributed by atoms with Crippen molar-refractivity contribution in [1.82, 2.24) is 5.32 Å². The van der Waals surface area contributed by atoms with Gasteiger partial charge in [-0.2, -0.15) is 0 Å². The molecule has 0 radical (unpaired) electrons. The van der Waals surface area contributed by atoms with E-state index in [4.69, 9.17) is 71.7 Å². The number of rotatable bonds is 39. The van der Waals surface area contributed by atoms with Crippen LogP contribution in [0.3, 0.4) is 0 Å². The van der Waals surface area contributed by atoms with Gasteiger partial charge in [-0.05, 0) is 42.4 Å². The lowest BCUT2D eigenvalue weighted by atomic mass is 9.95. The van der Waals surface area contributed by atoms with Crippen LogP contribution in [0.4, 0.5) is 0 Å². The molecular weight excluding hydrogens is 1080 g/mol. The van der Waals surface area contributed by atoms with Crippen LogP contribution in [0.2, 0.25) is 0 Å². The van der Waals surface area contributed by atoms with Crippen molar-refractivity contribution in [3.63, 3.8) is 0 Å². The van der Waals surface area contributed by atoms with Crippen molar-refractivity contribution in [2.75, 3.05) is 144 Å². The Labute approximate surface area is 383 Å². The predicted octanol–water partition coefficient (Wildman–Crippen LogP) is -1.04. The number of nitrogens with one attached hydrogen (secondary N) is 1. The summed E-state index contributed by atoms with van der Waals surface area (Å²) in [4.78, 5) is 32.8. The van der Waals surface area contributed by atoms with E-state index in [1.54, 1.807) is 17.9 Å². The largest absolute Gasteiger partial charge is 0.394 e. The summed E-state index contributed by atoms with van der Waals surface area (Å²) in [6.45, 7) is 6.49. The molecule has 2 fully saturated rings. The summed E-state index contributed by atoms with van der Waals surface area (Å²) < 4.78 is 60.6. The van der Waals surface area contributed by atoms with Gasteiger partial charge >= 0.3 is 0 Å². The van der Waals surface area contributed by atoms with Gasteiger partial charge in [-0.1, -0.05) is 17.9 Å². The maximum Gasteiger partial charge on any atom is 0.217 e. The topological polar surface area (TPSA) is 269 Å². The van der Waals surface area contributed by atoms with E-state index in [-0.39, 0.29) is 39.6 Å². The maximum atomic E-state index is 11.7. The molecule has 26 heteroatoms. The van der Waals surface area contributed by atoms with Crippen molar-refractivity contribution < 1.29 is 102 Å². The van der Waals surface area contributed by atoms with Crippen LogP contribution in [0, 0.1) is 0 Å². The minimum absolute atomic E-state index is 0.0108. The summed E-state index contributed by atoms with van der Waals surface area (Å²) in [6.07, 6.45) is -13.7. The predicted molar refractivity (Wildman–Crippen MR) is 229 cm³/mol. The van der Waals surface area contributed by atoms with Crippen LogP contribution in [0.15, 0.2) is 0 Å². The van der Waals surface area contributed by atoms with Crippen LogP contribution in [0.1, 0.15) is 6.92 Å². The van der Waals surface area contributed by atoms with Gasteiger partial charge in [0.05, 0.1) is 112 Å². The number of hydrogen-bond acceptors (Lipinski definition) is 23. The number of hydrogen-bond donors (Lipinski definition) is 6. The molecule has 1 amide bonds. The Kier molecular flexibility index (Phi) is 36.1. The minimum Gasteiger partial charge on any atom is -0.394 e. The summed E-state index contributed by atoms with van der Waals surface area (Å²) in [5, 5.41) is 56.0. The second-order valence-corrected chi connectivity index (χ2v) is 17.6. The van der Waals surface area contributed by atoms with E-state index in [9.17, 15) is 30.3 Å². The number of amides is 1. The molecule has 0 bridgehead atoms. The summed E-state index contributed by atoms with van der Waals surface area (Å²) in [6, 6.07) is -1.35. The Morgan fingerprint density at radius 2 is 1.02 bits per heavy atom. The molecule has 0 saturated carbocycles. The fraction of sp³-hybridized carbons (Fsp3) is 0.971. The maximum absolute atomic E-state index is 11.7. The summed E-state index contributed by atoms with van der Waals surface area (Å²) in [5.41, 5.74) is 0. The van der Waals surface area contributed by atoms with Gasteiger partial charge in [-0.3, -0.25) is 4.79 Å². The minimum atomic E-state index is -1.74. The highest BCUT2D eigenvalue weighted by Crippen LogP contribution is 2.30. The van der Waals surface area contributed by atoms with E-state index >= 15 is 0 Å². The van der Waals surface area contributed by atoms with Gasteiger partial charge in [0.2, 0.25) is 5.91 Å². The van der Waals surface area contributed by atoms with E-state index < -0.39 is 73.9 Å². The van der Waals surface area contributed by atoms with Crippen LogP contribution >= 0.6 is 60.3 Å². The Morgan fingerprint density at radius 3 is 1.47 bits per heavy atom. The average Bonchev–Trinajstić information content (AvgIpc) is 3.23. The molecule has 2 aliphatic heterocycles. The van der Waals surface area contributed by atoms with Gasteiger partial charge in [0.25, 0.3) is 0 Å². The molecule has 0 aliphatic carbocycles. The van der Waals surface area contributed by atoms with Gasteiger partial charge in [-0.15, -0.1) is 0 Å². The monoisotopic (exact) mass is 1140 g/mol. The Balaban J connectivity index is 1.78. The van der Waals surface area contributed by atoms with Gasteiger partial charge in [0.15, 0.2) is 18.7 Å². The van der Waals surface area contributed by atoms with Crippen molar-refractivity contribution in [2.45, 2.75) is 68.3 Å². The highest BCUT2D eigenvalue weighted by molar-refractivity contribution is 14.2.